The third-order valence-corrected chi connectivity index (χ3v) is 5.47. The highest BCUT2D eigenvalue weighted by Gasteiger charge is 2.33. The molecule has 0 radical (unpaired) electrons. The zero-order valence-corrected chi connectivity index (χ0v) is 16.1. The van der Waals surface area contributed by atoms with Crippen LogP contribution in [0.3, 0.4) is 0 Å². The highest BCUT2D eigenvalue weighted by Crippen LogP contribution is 2.32. The molecule has 2 atom stereocenters. The van der Waals surface area contributed by atoms with Gasteiger partial charge in [-0.05, 0) is 61.7 Å². The summed E-state index contributed by atoms with van der Waals surface area (Å²) in [5.41, 5.74) is 2.48. The number of nitrogens with zero attached hydrogens (tertiary/aromatic N) is 3. The Kier molecular flexibility index (Phi) is 6.55. The fourth-order valence-electron chi connectivity index (χ4n) is 4.02. The number of hydrogen-bond acceptors (Lipinski definition) is 5. The number of tetrazole rings is 1. The summed E-state index contributed by atoms with van der Waals surface area (Å²) in [6.07, 6.45) is 3.51. The largest absolute Gasteiger partial charge is 0.481 e. The lowest BCUT2D eigenvalue weighted by molar-refractivity contribution is -0.143. The van der Waals surface area contributed by atoms with E-state index in [1.54, 1.807) is 0 Å². The number of nitrogens with one attached hydrogen (secondary N) is 2. The Morgan fingerprint density at radius 1 is 1.22 bits per heavy atom. The average Bonchev–Trinajstić information content (AvgIpc) is 3.20. The Bertz CT molecular complexity index is 708. The highest BCUT2D eigenvalue weighted by atomic mass is 16.4. The summed E-state index contributed by atoms with van der Waals surface area (Å²) in [4.78, 5) is 11.9. The molecule has 1 aliphatic rings. The standard InChI is InChI=1S/C20H29N5O2/c1-13(2)11-18(20(26)27)17(19-22-24-25-23-19)12-14-3-5-15(6-4-14)16-7-9-21-10-8-16/h3-6,13,16-18,21H,7-12H2,1-2H3,(H,26,27)(H,22,23,24,25). The van der Waals surface area contributed by atoms with E-state index >= 15 is 0 Å². The summed E-state index contributed by atoms with van der Waals surface area (Å²) in [6, 6.07) is 8.63. The van der Waals surface area contributed by atoms with E-state index in [9.17, 15) is 9.90 Å². The molecule has 0 amide bonds. The van der Waals surface area contributed by atoms with Crippen molar-refractivity contribution in [3.8, 4) is 0 Å². The minimum atomic E-state index is -0.801. The third-order valence-electron chi connectivity index (χ3n) is 5.47. The monoisotopic (exact) mass is 371 g/mol. The van der Waals surface area contributed by atoms with Crippen LogP contribution in [-0.2, 0) is 11.2 Å². The molecule has 2 heterocycles. The number of hydrogen-bond donors (Lipinski definition) is 3. The number of benzene rings is 1. The number of piperidine rings is 1. The molecule has 0 aliphatic carbocycles. The lowest BCUT2D eigenvalue weighted by atomic mass is 9.81. The number of H-pyrrole nitrogens is 1. The number of carboxylic acids is 1. The van der Waals surface area contributed by atoms with E-state index in [1.165, 1.54) is 18.4 Å². The SMILES string of the molecule is CC(C)CC(C(=O)O)C(Cc1ccc(C2CCNCC2)cc1)c1nn[nH]n1. The minimum Gasteiger partial charge on any atom is -0.481 e. The number of aliphatic carboxylic acids is 1. The van der Waals surface area contributed by atoms with Crippen molar-refractivity contribution in [2.75, 3.05) is 13.1 Å². The maximum absolute atomic E-state index is 11.9. The van der Waals surface area contributed by atoms with Crippen LogP contribution in [0.25, 0.3) is 0 Å². The summed E-state index contributed by atoms with van der Waals surface area (Å²) in [6.45, 7) is 6.22. The van der Waals surface area contributed by atoms with E-state index in [4.69, 9.17) is 0 Å². The van der Waals surface area contributed by atoms with Crippen molar-refractivity contribution in [3.05, 3.63) is 41.2 Å². The van der Waals surface area contributed by atoms with Gasteiger partial charge in [0.15, 0.2) is 5.82 Å². The number of carboxylic acid groups (broad SMARTS) is 1. The van der Waals surface area contributed by atoms with Crippen LogP contribution >= 0.6 is 0 Å². The van der Waals surface area contributed by atoms with Crippen LogP contribution in [-0.4, -0.2) is 44.8 Å². The van der Waals surface area contributed by atoms with Gasteiger partial charge in [0, 0.05) is 5.92 Å². The zero-order chi connectivity index (χ0) is 19.2. The molecule has 146 valence electrons. The number of aromatic nitrogens is 4. The van der Waals surface area contributed by atoms with Gasteiger partial charge in [-0.15, -0.1) is 10.2 Å². The van der Waals surface area contributed by atoms with E-state index in [2.05, 4.69) is 50.2 Å². The van der Waals surface area contributed by atoms with E-state index in [0.29, 0.717) is 24.6 Å². The predicted molar refractivity (Wildman–Crippen MR) is 102 cm³/mol. The molecule has 27 heavy (non-hydrogen) atoms. The Morgan fingerprint density at radius 2 is 1.93 bits per heavy atom. The Morgan fingerprint density at radius 3 is 2.48 bits per heavy atom. The van der Waals surface area contributed by atoms with E-state index < -0.39 is 11.9 Å². The van der Waals surface area contributed by atoms with Crippen LogP contribution in [0.5, 0.6) is 0 Å². The Hall–Kier alpha value is -2.28. The van der Waals surface area contributed by atoms with E-state index in [-0.39, 0.29) is 11.8 Å². The lowest BCUT2D eigenvalue weighted by Gasteiger charge is -2.24. The van der Waals surface area contributed by atoms with Gasteiger partial charge in [0.05, 0.1) is 5.92 Å². The van der Waals surface area contributed by atoms with Crippen LogP contribution in [0.1, 0.15) is 61.9 Å². The summed E-state index contributed by atoms with van der Waals surface area (Å²) < 4.78 is 0. The number of aromatic amines is 1. The quantitative estimate of drug-likeness (QED) is 0.659. The first-order valence-corrected chi connectivity index (χ1v) is 9.80. The Balaban J connectivity index is 1.78. The fraction of sp³-hybridized carbons (Fsp3) is 0.600. The lowest BCUT2D eigenvalue weighted by Crippen LogP contribution is -2.27. The van der Waals surface area contributed by atoms with E-state index in [1.807, 2.05) is 13.8 Å². The van der Waals surface area contributed by atoms with Crippen molar-refractivity contribution in [2.24, 2.45) is 11.8 Å². The van der Waals surface area contributed by atoms with Crippen molar-refractivity contribution < 1.29 is 9.90 Å². The first-order chi connectivity index (χ1) is 13.0. The number of rotatable bonds is 8. The maximum atomic E-state index is 11.9. The van der Waals surface area contributed by atoms with Crippen molar-refractivity contribution in [1.29, 1.82) is 0 Å². The molecule has 2 aromatic rings. The summed E-state index contributed by atoms with van der Waals surface area (Å²) in [5.74, 6) is -0.265. The average molecular weight is 371 g/mol. The van der Waals surface area contributed by atoms with Gasteiger partial charge in [-0.1, -0.05) is 43.3 Å². The molecule has 7 heteroatoms. The zero-order valence-electron chi connectivity index (χ0n) is 16.1. The molecular weight excluding hydrogens is 342 g/mol. The van der Waals surface area contributed by atoms with Crippen molar-refractivity contribution in [1.82, 2.24) is 25.9 Å². The van der Waals surface area contributed by atoms with Crippen LogP contribution in [0, 0.1) is 11.8 Å². The summed E-state index contributed by atoms with van der Waals surface area (Å²) in [7, 11) is 0. The predicted octanol–water partition coefficient (Wildman–Crippen LogP) is 2.74. The van der Waals surface area contributed by atoms with Gasteiger partial charge in [0.1, 0.15) is 0 Å². The molecule has 0 bridgehead atoms. The van der Waals surface area contributed by atoms with Gasteiger partial charge in [-0.25, -0.2) is 0 Å². The molecule has 7 nitrogen and oxygen atoms in total. The molecule has 0 saturated carbocycles. The first-order valence-electron chi connectivity index (χ1n) is 9.80. The molecule has 3 rings (SSSR count). The second-order valence-corrected chi connectivity index (χ2v) is 7.92. The smallest absolute Gasteiger partial charge is 0.307 e. The van der Waals surface area contributed by atoms with Gasteiger partial charge < -0.3 is 10.4 Å². The van der Waals surface area contributed by atoms with Gasteiger partial charge in [0.2, 0.25) is 0 Å². The van der Waals surface area contributed by atoms with Crippen molar-refractivity contribution in [2.45, 2.75) is 51.4 Å². The molecule has 1 aromatic heterocycles. The van der Waals surface area contributed by atoms with Gasteiger partial charge in [0.25, 0.3) is 0 Å². The summed E-state index contributed by atoms with van der Waals surface area (Å²) in [5, 5.41) is 27.5. The third kappa shape index (κ3) is 5.13. The van der Waals surface area contributed by atoms with Crippen LogP contribution < -0.4 is 5.32 Å². The second-order valence-electron chi connectivity index (χ2n) is 7.92. The van der Waals surface area contributed by atoms with Crippen molar-refractivity contribution >= 4 is 5.97 Å². The number of carbonyl (C=O) groups is 1. The molecule has 0 spiro atoms. The molecule has 3 N–H and O–H groups in total. The molecule has 1 saturated heterocycles. The van der Waals surface area contributed by atoms with E-state index in [0.717, 1.165) is 18.7 Å². The summed E-state index contributed by atoms with van der Waals surface area (Å²) >= 11 is 0. The fourth-order valence-corrected chi connectivity index (χ4v) is 4.02. The van der Waals surface area contributed by atoms with Crippen LogP contribution in [0.4, 0.5) is 0 Å². The van der Waals surface area contributed by atoms with Gasteiger partial charge >= 0.3 is 5.97 Å². The van der Waals surface area contributed by atoms with Crippen LogP contribution in [0.2, 0.25) is 0 Å². The van der Waals surface area contributed by atoms with Gasteiger partial charge in [-0.3, -0.25) is 4.79 Å². The van der Waals surface area contributed by atoms with Crippen LogP contribution in [0.15, 0.2) is 24.3 Å². The molecule has 1 aromatic carbocycles. The highest BCUT2D eigenvalue weighted by molar-refractivity contribution is 5.71. The maximum Gasteiger partial charge on any atom is 0.307 e. The Labute approximate surface area is 160 Å². The molecule has 1 aliphatic heterocycles. The first kappa shape index (κ1) is 19.5. The topological polar surface area (TPSA) is 104 Å². The molecule has 2 unspecified atom stereocenters. The van der Waals surface area contributed by atoms with Gasteiger partial charge in [-0.2, -0.15) is 5.21 Å². The second kappa shape index (κ2) is 9.08. The minimum absolute atomic E-state index is 0.280. The molecule has 1 fully saturated rings. The van der Waals surface area contributed by atoms with Crippen molar-refractivity contribution in [3.63, 3.8) is 0 Å². The molecular formula is C20H29N5O2. The normalized spacial score (nSPS) is 17.7.